The van der Waals surface area contributed by atoms with Crippen LogP contribution < -0.4 is 0 Å². The molecule has 1 atom stereocenters. The molecule has 98 valence electrons. The Kier molecular flexibility index (Phi) is 3.47. The van der Waals surface area contributed by atoms with Crippen molar-refractivity contribution in [3.8, 4) is 0 Å². The third kappa shape index (κ3) is 2.88. The Morgan fingerprint density at radius 2 is 2.16 bits per heavy atom. The molecule has 2 rings (SSSR count). The van der Waals surface area contributed by atoms with Crippen LogP contribution in [0.4, 0.5) is 4.79 Å². The minimum Gasteiger partial charge on any atom is -0.560 e. The van der Waals surface area contributed by atoms with Gasteiger partial charge < -0.3 is 9.94 Å². The molecule has 8 nitrogen and oxygen atoms in total. The summed E-state index contributed by atoms with van der Waals surface area (Å²) in [7, 11) is 0.967. The van der Waals surface area contributed by atoms with Crippen LogP contribution in [0.2, 0.25) is 0 Å². The average molecular weight is 262 g/mol. The van der Waals surface area contributed by atoms with Gasteiger partial charge in [0.05, 0.1) is 24.3 Å². The molecule has 1 heterocycles. The lowest BCUT2D eigenvalue weighted by Crippen LogP contribution is -2.39. The van der Waals surface area contributed by atoms with Gasteiger partial charge in [0.15, 0.2) is 0 Å². The fourth-order valence-electron chi connectivity index (χ4n) is 1.34. The molecule has 1 unspecified atom stereocenters. The maximum atomic E-state index is 11.2. The summed E-state index contributed by atoms with van der Waals surface area (Å²) < 4.78 is 4.09. The first kappa shape index (κ1) is 13.0. The van der Waals surface area contributed by atoms with Gasteiger partial charge in [-0.15, -0.1) is 0 Å². The Morgan fingerprint density at radius 1 is 1.47 bits per heavy atom. The molecule has 0 aliphatic carbocycles. The third-order valence-electron chi connectivity index (χ3n) is 2.23. The Hall–Kier alpha value is -2.42. The summed E-state index contributed by atoms with van der Waals surface area (Å²) in [6.45, 7) is 0. The van der Waals surface area contributed by atoms with Crippen LogP contribution in [-0.2, 0) is 4.74 Å². The monoisotopic (exact) mass is 262 g/mol. The van der Waals surface area contributed by atoms with Crippen molar-refractivity contribution in [3.05, 3.63) is 41.4 Å². The standard InChI is InChI=1S/C11H10N4O4/c1-19-11(16)15(17,18)13-7-8-6-12-9-4-2-3-5-10(9)14-8/h2-7,17H,1H3/b13-7+. The lowest BCUT2D eigenvalue weighted by atomic mass is 10.3. The molecule has 0 aliphatic heterocycles. The molecule has 0 spiro atoms. The normalized spacial score (nSPS) is 14.5. The van der Waals surface area contributed by atoms with Crippen LogP contribution in [0.25, 0.3) is 11.0 Å². The molecule has 1 aromatic carbocycles. The van der Waals surface area contributed by atoms with E-state index >= 15 is 0 Å². The molecule has 1 N–H and O–H groups in total. The van der Waals surface area contributed by atoms with E-state index in [-0.39, 0.29) is 5.69 Å². The van der Waals surface area contributed by atoms with E-state index in [4.69, 9.17) is 5.21 Å². The number of nitrogens with zero attached hydrogens (tertiary/aromatic N) is 4. The number of fused-ring (bicyclic) bond motifs is 1. The number of benzene rings is 1. The van der Waals surface area contributed by atoms with Gasteiger partial charge in [0, 0.05) is 4.92 Å². The molecule has 0 fully saturated rings. The zero-order chi connectivity index (χ0) is 13.9. The molecule has 0 saturated carbocycles. The number of carbonyl (C=O) groups is 1. The smallest absolute Gasteiger partial charge is 0.560 e. The molecule has 19 heavy (non-hydrogen) atoms. The van der Waals surface area contributed by atoms with Gasteiger partial charge in [0.1, 0.15) is 11.9 Å². The quantitative estimate of drug-likeness (QED) is 0.379. The highest BCUT2D eigenvalue weighted by molar-refractivity contribution is 5.81. The van der Waals surface area contributed by atoms with Crippen molar-refractivity contribution in [3.63, 3.8) is 0 Å². The summed E-state index contributed by atoms with van der Waals surface area (Å²) >= 11 is 0. The maximum absolute atomic E-state index is 11.2. The van der Waals surface area contributed by atoms with Crippen molar-refractivity contribution in [2.45, 2.75) is 0 Å². The number of methoxy groups -OCH3 is 1. The summed E-state index contributed by atoms with van der Waals surface area (Å²) in [6.07, 6.45) is 0.858. The summed E-state index contributed by atoms with van der Waals surface area (Å²) in [5.74, 6) is 0. The maximum Gasteiger partial charge on any atom is 0.578 e. The second-order valence-corrected chi connectivity index (χ2v) is 3.54. The molecule has 0 saturated heterocycles. The molecule has 1 aromatic heterocycles. The molecule has 2 aromatic rings. The number of hydroxylamine groups is 2. The van der Waals surface area contributed by atoms with Crippen LogP contribution in [0, 0.1) is 5.21 Å². The second-order valence-electron chi connectivity index (χ2n) is 3.54. The zero-order valence-corrected chi connectivity index (χ0v) is 9.92. The predicted octanol–water partition coefficient (Wildman–Crippen LogP) is 1.43. The summed E-state index contributed by atoms with van der Waals surface area (Å²) in [5.41, 5.74) is 1.51. The Labute approximate surface area is 107 Å². The van der Waals surface area contributed by atoms with E-state index in [1.165, 1.54) is 6.20 Å². The third-order valence-corrected chi connectivity index (χ3v) is 2.23. The number of rotatable bonds is 2. The number of aromatic nitrogens is 2. The van der Waals surface area contributed by atoms with Gasteiger partial charge in [-0.25, -0.2) is 4.98 Å². The van der Waals surface area contributed by atoms with Crippen LogP contribution in [0.5, 0.6) is 0 Å². The predicted molar refractivity (Wildman–Crippen MR) is 65.0 cm³/mol. The number of quaternary nitrogens is 1. The number of carbonyl (C=O) groups excluding carboxylic acids is 1. The first-order valence-corrected chi connectivity index (χ1v) is 5.21. The van der Waals surface area contributed by atoms with Gasteiger partial charge in [-0.2, -0.15) is 10.0 Å². The van der Waals surface area contributed by atoms with Crippen molar-refractivity contribution in [1.29, 1.82) is 0 Å². The molecule has 1 amide bonds. The van der Waals surface area contributed by atoms with E-state index in [0.717, 1.165) is 13.3 Å². The fourth-order valence-corrected chi connectivity index (χ4v) is 1.34. The van der Waals surface area contributed by atoms with E-state index in [0.29, 0.717) is 11.0 Å². The van der Waals surface area contributed by atoms with Crippen LogP contribution in [0.3, 0.4) is 0 Å². The first-order valence-electron chi connectivity index (χ1n) is 5.21. The Balaban J connectivity index is 2.28. The average Bonchev–Trinajstić information content (AvgIpc) is 2.44. The lowest BCUT2D eigenvalue weighted by Gasteiger charge is -2.19. The van der Waals surface area contributed by atoms with Gasteiger partial charge in [-0.1, -0.05) is 12.1 Å². The highest BCUT2D eigenvalue weighted by atomic mass is 16.9. The Bertz CT molecular complexity index is 641. The van der Waals surface area contributed by atoms with Crippen LogP contribution >= 0.6 is 0 Å². The summed E-state index contributed by atoms with van der Waals surface area (Å²) in [6, 6.07) is 7.11. The van der Waals surface area contributed by atoms with Gasteiger partial charge >= 0.3 is 6.09 Å². The van der Waals surface area contributed by atoms with Gasteiger partial charge in [0.2, 0.25) is 0 Å². The Morgan fingerprint density at radius 3 is 2.84 bits per heavy atom. The topological polar surface area (TPSA) is 108 Å². The molecule has 8 heteroatoms. The van der Waals surface area contributed by atoms with Crippen molar-refractivity contribution in [1.82, 2.24) is 9.97 Å². The molecule has 0 aliphatic rings. The first-order chi connectivity index (χ1) is 9.03. The minimum absolute atomic E-state index is 0.231. The van der Waals surface area contributed by atoms with E-state index in [9.17, 15) is 10.0 Å². The lowest BCUT2D eigenvalue weighted by molar-refractivity contribution is -1.01. The second kappa shape index (κ2) is 5.06. The van der Waals surface area contributed by atoms with Crippen LogP contribution in [-0.4, -0.2) is 39.5 Å². The van der Waals surface area contributed by atoms with E-state index < -0.39 is 11.0 Å². The van der Waals surface area contributed by atoms with Crippen LogP contribution in [0.1, 0.15) is 5.69 Å². The summed E-state index contributed by atoms with van der Waals surface area (Å²) in [5, 5.41) is 23.5. The zero-order valence-electron chi connectivity index (χ0n) is 9.92. The number of hydrogen-bond acceptors (Lipinski definition) is 7. The number of hydrogen-bond donors (Lipinski definition) is 1. The molecular formula is C11H10N4O4. The van der Waals surface area contributed by atoms with Crippen molar-refractivity contribution >= 4 is 23.3 Å². The largest absolute Gasteiger partial charge is 0.578 e. The SMILES string of the molecule is COC(=O)[N+]([O-])(O)/N=C/c1cnc2ccccc2n1. The van der Waals surface area contributed by atoms with Crippen molar-refractivity contribution in [2.24, 2.45) is 5.10 Å². The van der Waals surface area contributed by atoms with Crippen molar-refractivity contribution < 1.29 is 19.7 Å². The molecular weight excluding hydrogens is 252 g/mol. The van der Waals surface area contributed by atoms with Crippen LogP contribution in [0.15, 0.2) is 35.6 Å². The van der Waals surface area contributed by atoms with E-state index in [1.807, 2.05) is 6.07 Å². The number of para-hydroxylation sites is 2. The number of amides is 1. The summed E-state index contributed by atoms with van der Waals surface area (Å²) in [4.78, 5) is 16.6. The highest BCUT2D eigenvalue weighted by Gasteiger charge is 2.27. The molecule has 0 radical (unpaired) electrons. The molecule has 0 bridgehead atoms. The van der Waals surface area contributed by atoms with Gasteiger partial charge in [0.25, 0.3) is 0 Å². The van der Waals surface area contributed by atoms with Gasteiger partial charge in [-0.05, 0) is 17.2 Å². The fraction of sp³-hybridized carbons (Fsp3) is 0.0909. The highest BCUT2D eigenvalue weighted by Crippen LogP contribution is 2.08. The minimum atomic E-state index is -2.51. The van der Waals surface area contributed by atoms with E-state index in [1.54, 1.807) is 18.2 Å². The number of ether oxygens (including phenoxy) is 1. The van der Waals surface area contributed by atoms with Gasteiger partial charge in [-0.3, -0.25) is 4.98 Å². The van der Waals surface area contributed by atoms with Crippen molar-refractivity contribution in [2.75, 3.05) is 7.11 Å². The van der Waals surface area contributed by atoms with E-state index in [2.05, 4.69) is 19.8 Å².